The zero-order valence-corrected chi connectivity index (χ0v) is 11.1. The summed E-state index contributed by atoms with van der Waals surface area (Å²) in [4.78, 5) is 17.9. The molecule has 0 spiro atoms. The van der Waals surface area contributed by atoms with Crippen molar-refractivity contribution in [1.82, 2.24) is 10.3 Å². The first-order valence-corrected chi connectivity index (χ1v) is 6.84. The van der Waals surface area contributed by atoms with E-state index in [-0.39, 0.29) is 5.91 Å². The van der Waals surface area contributed by atoms with Crippen molar-refractivity contribution in [2.24, 2.45) is 5.92 Å². The fraction of sp³-hybridized carbons (Fsp3) is 0.571. The lowest BCUT2D eigenvalue weighted by Crippen LogP contribution is -2.63. The summed E-state index contributed by atoms with van der Waals surface area (Å²) >= 11 is 0. The van der Waals surface area contributed by atoms with Crippen molar-refractivity contribution in [3.8, 4) is 0 Å². The van der Waals surface area contributed by atoms with E-state index in [1.165, 1.54) is 0 Å². The first kappa shape index (κ1) is 12.4. The van der Waals surface area contributed by atoms with Gasteiger partial charge in [-0.3, -0.25) is 9.78 Å². The Bertz CT molecular complexity index is 493. The van der Waals surface area contributed by atoms with Crippen molar-refractivity contribution in [1.29, 1.82) is 0 Å². The fourth-order valence-corrected chi connectivity index (χ4v) is 2.67. The molecule has 2 N–H and O–H groups in total. The largest absolute Gasteiger partial charge is 0.386 e. The Hall–Kier alpha value is -1.62. The molecule has 0 atom stereocenters. The number of carbonyl (C=O) groups is 1. The minimum atomic E-state index is -0.505. The van der Waals surface area contributed by atoms with Crippen LogP contribution in [-0.4, -0.2) is 41.2 Å². The third kappa shape index (κ3) is 2.30. The van der Waals surface area contributed by atoms with Gasteiger partial charge in [0.15, 0.2) is 0 Å². The smallest absolute Gasteiger partial charge is 0.269 e. The molecule has 19 heavy (non-hydrogen) atoms. The van der Waals surface area contributed by atoms with Gasteiger partial charge >= 0.3 is 0 Å². The van der Waals surface area contributed by atoms with Crippen LogP contribution in [0.15, 0.2) is 18.3 Å². The molecule has 1 aromatic rings. The molecule has 0 unspecified atom stereocenters. The average molecular weight is 261 g/mol. The Morgan fingerprint density at radius 3 is 2.95 bits per heavy atom. The fourth-order valence-electron chi connectivity index (χ4n) is 2.67. The molecule has 102 valence electrons. The van der Waals surface area contributed by atoms with E-state index in [9.17, 15) is 9.90 Å². The molecule has 1 saturated heterocycles. The number of amides is 1. The molecule has 2 fully saturated rings. The van der Waals surface area contributed by atoms with E-state index in [1.807, 2.05) is 13.0 Å². The second-order valence-electron chi connectivity index (χ2n) is 5.49. The maximum absolute atomic E-state index is 11.7. The van der Waals surface area contributed by atoms with Gasteiger partial charge in [0.05, 0.1) is 0 Å². The topological polar surface area (TPSA) is 65.5 Å². The van der Waals surface area contributed by atoms with E-state index in [0.29, 0.717) is 31.2 Å². The molecule has 2 aliphatic rings. The molecule has 1 amide bonds. The van der Waals surface area contributed by atoms with Crippen LogP contribution in [-0.2, 0) is 0 Å². The number of carbonyl (C=O) groups excluding carboxylic acids is 1. The van der Waals surface area contributed by atoms with Gasteiger partial charge in [0, 0.05) is 31.5 Å². The summed E-state index contributed by atoms with van der Waals surface area (Å²) in [5.74, 6) is 0.329. The Balaban J connectivity index is 1.69. The van der Waals surface area contributed by atoms with Gasteiger partial charge in [-0.15, -0.1) is 0 Å². The number of nitrogens with one attached hydrogen (secondary N) is 1. The van der Waals surface area contributed by atoms with Crippen LogP contribution in [0.3, 0.4) is 0 Å². The molecule has 5 heteroatoms. The van der Waals surface area contributed by atoms with Gasteiger partial charge in [0.2, 0.25) is 0 Å². The minimum absolute atomic E-state index is 0.151. The zero-order valence-electron chi connectivity index (χ0n) is 11.1. The number of nitrogens with zero attached hydrogens (tertiary/aromatic N) is 2. The number of hydrogen-bond acceptors (Lipinski definition) is 4. The molecule has 0 radical (unpaired) electrons. The van der Waals surface area contributed by atoms with Crippen molar-refractivity contribution < 1.29 is 9.90 Å². The van der Waals surface area contributed by atoms with Gasteiger partial charge in [-0.1, -0.05) is 0 Å². The summed E-state index contributed by atoms with van der Waals surface area (Å²) in [5, 5.41) is 13.0. The summed E-state index contributed by atoms with van der Waals surface area (Å²) < 4.78 is 0. The normalized spacial score (nSPS) is 20.8. The minimum Gasteiger partial charge on any atom is -0.386 e. The highest BCUT2D eigenvalue weighted by Crippen LogP contribution is 2.45. The second kappa shape index (κ2) is 4.49. The van der Waals surface area contributed by atoms with E-state index in [0.717, 1.165) is 18.5 Å². The third-order valence-corrected chi connectivity index (χ3v) is 3.95. The van der Waals surface area contributed by atoms with Gasteiger partial charge in [0.25, 0.3) is 5.91 Å². The van der Waals surface area contributed by atoms with Crippen molar-refractivity contribution >= 4 is 11.6 Å². The molecule has 5 nitrogen and oxygen atoms in total. The quantitative estimate of drug-likeness (QED) is 0.841. The number of anilines is 1. The Morgan fingerprint density at radius 1 is 1.58 bits per heavy atom. The summed E-state index contributed by atoms with van der Waals surface area (Å²) in [6, 6.07) is 3.67. The highest BCUT2D eigenvalue weighted by atomic mass is 16.3. The Labute approximate surface area is 112 Å². The second-order valence-corrected chi connectivity index (χ2v) is 5.49. The van der Waals surface area contributed by atoms with Gasteiger partial charge in [-0.25, -0.2) is 0 Å². The van der Waals surface area contributed by atoms with Crippen LogP contribution in [0.5, 0.6) is 0 Å². The molecule has 2 heterocycles. The number of pyridine rings is 1. The summed E-state index contributed by atoms with van der Waals surface area (Å²) in [5.41, 5.74) is 0.887. The van der Waals surface area contributed by atoms with Gasteiger partial charge in [-0.05, 0) is 37.8 Å². The van der Waals surface area contributed by atoms with E-state index < -0.39 is 5.60 Å². The number of rotatable bonds is 4. The lowest BCUT2D eigenvalue weighted by atomic mass is 9.88. The monoisotopic (exact) mass is 261 g/mol. The van der Waals surface area contributed by atoms with Gasteiger partial charge < -0.3 is 15.3 Å². The Morgan fingerprint density at radius 2 is 2.32 bits per heavy atom. The molecule has 1 aliphatic heterocycles. The number of aliphatic hydroxyl groups is 1. The van der Waals surface area contributed by atoms with Crippen LogP contribution in [0.2, 0.25) is 0 Å². The van der Waals surface area contributed by atoms with E-state index >= 15 is 0 Å². The molecular formula is C14H19N3O2. The SMILES string of the molecule is CCNC(=O)c1cc(N2CC(O)(C3CC3)C2)ccn1. The average Bonchev–Trinajstić information content (AvgIpc) is 3.20. The van der Waals surface area contributed by atoms with Crippen LogP contribution in [0.25, 0.3) is 0 Å². The van der Waals surface area contributed by atoms with Crippen LogP contribution in [0.4, 0.5) is 5.69 Å². The molecule has 0 bridgehead atoms. The number of β-amino-alcohol motifs (C(OH)–C–C–N with tert-alkyl or cyclic N) is 1. The van der Waals surface area contributed by atoms with Crippen LogP contribution in [0, 0.1) is 5.92 Å². The predicted octanol–water partition coefficient (Wildman–Crippen LogP) is 0.792. The van der Waals surface area contributed by atoms with Crippen molar-refractivity contribution in [2.45, 2.75) is 25.4 Å². The van der Waals surface area contributed by atoms with Crippen molar-refractivity contribution in [3.63, 3.8) is 0 Å². The molecular weight excluding hydrogens is 242 g/mol. The van der Waals surface area contributed by atoms with Crippen LogP contribution < -0.4 is 10.2 Å². The summed E-state index contributed by atoms with van der Waals surface area (Å²) in [6.45, 7) is 3.80. The molecule has 0 aromatic carbocycles. The van der Waals surface area contributed by atoms with Crippen LogP contribution >= 0.6 is 0 Å². The number of aromatic nitrogens is 1. The first-order chi connectivity index (χ1) is 9.12. The molecule has 1 saturated carbocycles. The highest BCUT2D eigenvalue weighted by molar-refractivity contribution is 5.93. The summed E-state index contributed by atoms with van der Waals surface area (Å²) in [7, 11) is 0. The highest BCUT2D eigenvalue weighted by Gasteiger charge is 2.51. The zero-order chi connectivity index (χ0) is 13.5. The first-order valence-electron chi connectivity index (χ1n) is 6.84. The van der Waals surface area contributed by atoms with E-state index in [2.05, 4.69) is 15.2 Å². The Kier molecular flexibility index (Phi) is 2.93. The standard InChI is InChI=1S/C14H19N3O2/c1-2-15-13(18)12-7-11(5-6-16-12)17-8-14(19,9-17)10-3-4-10/h5-7,10,19H,2-4,8-9H2,1H3,(H,15,18). The third-order valence-electron chi connectivity index (χ3n) is 3.95. The molecule has 1 aromatic heterocycles. The molecule has 3 rings (SSSR count). The lowest BCUT2D eigenvalue weighted by Gasteiger charge is -2.48. The maximum Gasteiger partial charge on any atom is 0.269 e. The lowest BCUT2D eigenvalue weighted by molar-refractivity contribution is -0.00931. The van der Waals surface area contributed by atoms with Gasteiger partial charge in [0.1, 0.15) is 11.3 Å². The number of hydrogen-bond donors (Lipinski definition) is 2. The van der Waals surface area contributed by atoms with Crippen molar-refractivity contribution in [3.05, 3.63) is 24.0 Å². The van der Waals surface area contributed by atoms with Crippen molar-refractivity contribution in [2.75, 3.05) is 24.5 Å². The maximum atomic E-state index is 11.7. The summed E-state index contributed by atoms with van der Waals surface area (Å²) in [6.07, 6.45) is 3.93. The predicted molar refractivity (Wildman–Crippen MR) is 72.1 cm³/mol. The van der Waals surface area contributed by atoms with Gasteiger partial charge in [-0.2, -0.15) is 0 Å². The molecule has 1 aliphatic carbocycles. The van der Waals surface area contributed by atoms with E-state index in [4.69, 9.17) is 0 Å². The van der Waals surface area contributed by atoms with E-state index in [1.54, 1.807) is 12.3 Å². The van der Waals surface area contributed by atoms with Crippen LogP contribution in [0.1, 0.15) is 30.3 Å².